The van der Waals surface area contributed by atoms with Gasteiger partial charge in [-0.1, -0.05) is 35.8 Å². The molecule has 1 atom stereocenters. The number of halogens is 1. The third-order valence-corrected chi connectivity index (χ3v) is 5.45. The Morgan fingerprint density at radius 3 is 2.68 bits per heavy atom. The molecule has 0 radical (unpaired) electrons. The zero-order valence-electron chi connectivity index (χ0n) is 14.9. The lowest BCUT2D eigenvalue weighted by Crippen LogP contribution is -2.30. The van der Waals surface area contributed by atoms with Gasteiger partial charge in [0, 0.05) is 22.1 Å². The van der Waals surface area contributed by atoms with Gasteiger partial charge in [0.1, 0.15) is 5.82 Å². The average molecular weight is 405 g/mol. The van der Waals surface area contributed by atoms with Crippen molar-refractivity contribution in [2.75, 3.05) is 17.2 Å². The molecule has 3 N–H and O–H groups in total. The molecule has 0 amide bonds. The van der Waals surface area contributed by atoms with Crippen molar-refractivity contribution in [2.24, 2.45) is 5.92 Å². The van der Waals surface area contributed by atoms with Crippen LogP contribution in [0.3, 0.4) is 0 Å². The van der Waals surface area contributed by atoms with E-state index in [2.05, 4.69) is 57.3 Å². The van der Waals surface area contributed by atoms with Crippen LogP contribution in [0.1, 0.15) is 43.9 Å². The van der Waals surface area contributed by atoms with Crippen LogP contribution < -0.4 is 10.6 Å². The average Bonchev–Trinajstić information content (AvgIpc) is 3.41. The van der Waals surface area contributed by atoms with Crippen LogP contribution in [0, 0.1) is 12.8 Å². The van der Waals surface area contributed by atoms with E-state index in [-0.39, 0.29) is 12.6 Å². The second-order valence-electron chi connectivity index (χ2n) is 6.99. The summed E-state index contributed by atoms with van der Waals surface area (Å²) in [6.07, 6.45) is 2.36. The molecule has 1 aromatic carbocycles. The molecule has 0 saturated heterocycles. The van der Waals surface area contributed by atoms with Crippen molar-refractivity contribution in [3.8, 4) is 0 Å². The Bertz CT molecular complexity index is 746. The number of aliphatic hydroxyl groups excluding tert-OH is 1. The minimum absolute atomic E-state index is 0.0577. The fraction of sp³-hybridized carbons (Fsp3) is 0.474. The van der Waals surface area contributed by atoms with E-state index < -0.39 is 0 Å². The van der Waals surface area contributed by atoms with Gasteiger partial charge < -0.3 is 15.7 Å². The molecule has 3 rings (SSSR count). The largest absolute Gasteiger partial charge is 0.394 e. The Kier molecular flexibility index (Phi) is 5.59. The molecule has 1 heterocycles. The van der Waals surface area contributed by atoms with Gasteiger partial charge in [-0.2, -0.15) is 4.98 Å². The Hall–Kier alpha value is -1.66. The van der Waals surface area contributed by atoms with Crippen molar-refractivity contribution in [3.05, 3.63) is 40.0 Å². The zero-order valence-corrected chi connectivity index (χ0v) is 16.5. The van der Waals surface area contributed by atoms with Gasteiger partial charge in [-0.15, -0.1) is 0 Å². The molecule has 0 unspecified atom stereocenters. The lowest BCUT2D eigenvalue weighted by molar-refractivity contribution is 0.248. The van der Waals surface area contributed by atoms with Crippen LogP contribution in [-0.2, 0) is 0 Å². The summed E-state index contributed by atoms with van der Waals surface area (Å²) in [5, 5.41) is 16.3. The lowest BCUT2D eigenvalue weighted by atomic mass is 10.1. The van der Waals surface area contributed by atoms with Crippen LogP contribution in [0.4, 0.5) is 17.5 Å². The molecular weight excluding hydrogens is 380 g/mol. The number of anilines is 3. The van der Waals surface area contributed by atoms with E-state index in [0.29, 0.717) is 17.8 Å². The quantitative estimate of drug-likeness (QED) is 0.628. The Morgan fingerprint density at radius 1 is 1.28 bits per heavy atom. The van der Waals surface area contributed by atoms with E-state index in [9.17, 15) is 5.11 Å². The summed E-state index contributed by atoms with van der Waals surface area (Å²) in [5.74, 6) is 2.18. The number of rotatable bonds is 7. The maximum Gasteiger partial charge on any atom is 0.225 e. The predicted octanol–water partition coefficient (Wildman–Crippen LogP) is 4.60. The number of aliphatic hydroxyl groups is 1. The Labute approximate surface area is 157 Å². The van der Waals surface area contributed by atoms with Crippen molar-refractivity contribution in [2.45, 2.75) is 45.6 Å². The Balaban J connectivity index is 1.89. The molecule has 1 aliphatic carbocycles. The first kappa shape index (κ1) is 18.1. The highest BCUT2D eigenvalue weighted by atomic mass is 79.9. The molecular formula is C19H25BrN4O. The second kappa shape index (κ2) is 7.70. The number of hydrogen-bond acceptors (Lipinski definition) is 5. The molecule has 0 bridgehead atoms. The van der Waals surface area contributed by atoms with Crippen molar-refractivity contribution in [1.82, 2.24) is 9.97 Å². The zero-order chi connectivity index (χ0) is 18.0. The smallest absolute Gasteiger partial charge is 0.225 e. The van der Waals surface area contributed by atoms with E-state index in [0.717, 1.165) is 27.2 Å². The first-order valence-corrected chi connectivity index (χ1v) is 9.55. The number of hydrogen-bond donors (Lipinski definition) is 3. The molecule has 134 valence electrons. The van der Waals surface area contributed by atoms with Crippen LogP contribution in [-0.4, -0.2) is 27.7 Å². The number of nitrogens with zero attached hydrogens (tertiary/aromatic N) is 2. The molecule has 25 heavy (non-hydrogen) atoms. The normalized spacial score (nSPS) is 15.3. The molecule has 1 aliphatic rings. The fourth-order valence-electron chi connectivity index (χ4n) is 2.65. The van der Waals surface area contributed by atoms with Crippen LogP contribution in [0.5, 0.6) is 0 Å². The summed E-state index contributed by atoms with van der Waals surface area (Å²) < 4.78 is 1.06. The van der Waals surface area contributed by atoms with Gasteiger partial charge in [0.2, 0.25) is 5.95 Å². The second-order valence-corrected chi connectivity index (χ2v) is 7.85. The maximum absolute atomic E-state index is 9.58. The molecule has 5 nitrogen and oxygen atoms in total. The first-order valence-electron chi connectivity index (χ1n) is 8.76. The van der Waals surface area contributed by atoms with E-state index in [4.69, 9.17) is 0 Å². The van der Waals surface area contributed by atoms with E-state index >= 15 is 0 Å². The molecule has 6 heteroatoms. The van der Waals surface area contributed by atoms with Gasteiger partial charge in [0.05, 0.1) is 18.3 Å². The van der Waals surface area contributed by atoms with E-state index in [1.165, 1.54) is 12.8 Å². The SMILES string of the molecule is Cc1c(Br)cccc1Nc1cc(C2CC2)nc(N[C@H](CO)C(C)C)n1. The third kappa shape index (κ3) is 4.50. The van der Waals surface area contributed by atoms with Crippen LogP contribution in [0.2, 0.25) is 0 Å². The summed E-state index contributed by atoms with van der Waals surface area (Å²) in [4.78, 5) is 9.28. The fourth-order valence-corrected chi connectivity index (χ4v) is 3.02. The van der Waals surface area contributed by atoms with Crippen LogP contribution in [0.15, 0.2) is 28.7 Å². The minimum atomic E-state index is -0.0603. The topological polar surface area (TPSA) is 70.1 Å². The van der Waals surface area contributed by atoms with Gasteiger partial charge in [0.25, 0.3) is 0 Å². The maximum atomic E-state index is 9.58. The van der Waals surface area contributed by atoms with Crippen molar-refractivity contribution in [3.63, 3.8) is 0 Å². The monoisotopic (exact) mass is 404 g/mol. The molecule has 1 aromatic heterocycles. The van der Waals surface area contributed by atoms with Crippen molar-refractivity contribution >= 4 is 33.4 Å². The number of aromatic nitrogens is 2. The summed E-state index contributed by atoms with van der Waals surface area (Å²) in [6, 6.07) is 8.04. The summed E-state index contributed by atoms with van der Waals surface area (Å²) >= 11 is 3.57. The molecule has 0 aliphatic heterocycles. The third-order valence-electron chi connectivity index (χ3n) is 4.59. The lowest BCUT2D eigenvalue weighted by Gasteiger charge is -2.21. The van der Waals surface area contributed by atoms with Gasteiger partial charge in [-0.05, 0) is 43.4 Å². The predicted molar refractivity (Wildman–Crippen MR) is 106 cm³/mol. The highest BCUT2D eigenvalue weighted by molar-refractivity contribution is 9.10. The van der Waals surface area contributed by atoms with Crippen LogP contribution in [0.25, 0.3) is 0 Å². The number of benzene rings is 1. The molecule has 0 spiro atoms. The molecule has 1 fully saturated rings. The Morgan fingerprint density at radius 2 is 2.04 bits per heavy atom. The van der Waals surface area contributed by atoms with Crippen molar-refractivity contribution < 1.29 is 5.11 Å². The summed E-state index contributed by atoms with van der Waals surface area (Å²) in [6.45, 7) is 6.27. The van der Waals surface area contributed by atoms with Gasteiger partial charge in [0.15, 0.2) is 0 Å². The van der Waals surface area contributed by atoms with Gasteiger partial charge in [-0.3, -0.25) is 0 Å². The highest BCUT2D eigenvalue weighted by Gasteiger charge is 2.26. The summed E-state index contributed by atoms with van der Waals surface area (Å²) in [7, 11) is 0. The molecule has 2 aromatic rings. The number of nitrogens with one attached hydrogen (secondary N) is 2. The van der Waals surface area contributed by atoms with Gasteiger partial charge >= 0.3 is 0 Å². The minimum Gasteiger partial charge on any atom is -0.394 e. The standard InChI is InChI=1S/C19H25BrN4O/c1-11(2)17(10-25)23-19-22-16(13-7-8-13)9-18(24-19)21-15-6-4-5-14(20)12(15)3/h4-6,9,11,13,17,25H,7-8,10H2,1-3H3,(H2,21,22,23,24)/t17-/m1/s1. The highest BCUT2D eigenvalue weighted by Crippen LogP contribution is 2.40. The van der Waals surface area contributed by atoms with E-state index in [1.54, 1.807) is 0 Å². The molecule has 1 saturated carbocycles. The first-order chi connectivity index (χ1) is 12.0. The van der Waals surface area contributed by atoms with Gasteiger partial charge in [-0.25, -0.2) is 4.98 Å². The van der Waals surface area contributed by atoms with E-state index in [1.807, 2.05) is 24.3 Å². The van der Waals surface area contributed by atoms with Crippen LogP contribution >= 0.6 is 15.9 Å². The summed E-state index contributed by atoms with van der Waals surface area (Å²) in [5.41, 5.74) is 3.22. The van der Waals surface area contributed by atoms with Crippen molar-refractivity contribution in [1.29, 1.82) is 0 Å².